The van der Waals surface area contributed by atoms with E-state index in [0.29, 0.717) is 39.2 Å². The highest BCUT2D eigenvalue weighted by atomic mass is 16.5. The third-order valence-corrected chi connectivity index (χ3v) is 4.70. The number of H-pyrrole nitrogens is 1. The molecular weight excluding hydrogens is 372 g/mol. The highest BCUT2D eigenvalue weighted by Gasteiger charge is 2.12. The van der Waals surface area contributed by atoms with Gasteiger partial charge in [0.05, 0.1) is 34.6 Å². The number of aromatic nitrogens is 6. The molecule has 0 aliphatic carbocycles. The summed E-state index contributed by atoms with van der Waals surface area (Å²) in [6.07, 6.45) is 4.55. The van der Waals surface area contributed by atoms with Crippen molar-refractivity contribution >= 4 is 21.8 Å². The first kappa shape index (κ1) is 16.9. The van der Waals surface area contributed by atoms with Gasteiger partial charge in [-0.3, -0.25) is 18.7 Å². The van der Waals surface area contributed by atoms with Crippen LogP contribution in [0.2, 0.25) is 0 Å². The van der Waals surface area contributed by atoms with Crippen LogP contribution in [0.5, 0.6) is 5.75 Å². The normalized spacial score (nSPS) is 11.2. The quantitative estimate of drug-likeness (QED) is 0.474. The van der Waals surface area contributed by atoms with Gasteiger partial charge in [-0.1, -0.05) is 6.07 Å². The molecule has 142 valence electrons. The van der Waals surface area contributed by atoms with Crippen molar-refractivity contribution in [3.8, 4) is 17.4 Å². The van der Waals surface area contributed by atoms with Gasteiger partial charge in [0.15, 0.2) is 0 Å². The highest BCUT2D eigenvalue weighted by molar-refractivity contribution is 5.91. The molecule has 29 heavy (non-hydrogen) atoms. The number of pyridine rings is 3. The Bertz CT molecular complexity index is 1480. The van der Waals surface area contributed by atoms with Crippen LogP contribution in [-0.2, 0) is 0 Å². The lowest BCUT2D eigenvalue weighted by Crippen LogP contribution is -2.21. The van der Waals surface area contributed by atoms with Crippen molar-refractivity contribution in [1.82, 2.24) is 29.3 Å². The van der Waals surface area contributed by atoms with E-state index in [0.717, 1.165) is 0 Å². The molecule has 9 heteroatoms. The zero-order valence-corrected chi connectivity index (χ0v) is 15.2. The molecule has 1 N–H and O–H groups in total. The van der Waals surface area contributed by atoms with Gasteiger partial charge in [-0.05, 0) is 30.3 Å². The Morgan fingerprint density at radius 3 is 2.34 bits per heavy atom. The standard InChI is InChI=1S/C20H14N6O3/c1-29-13-4-2-3-12(9-13)25-7-5-16-14(18(25)27)10-15-17(23-16)6-8-26(19(15)28)20-21-11-22-24-20/h2-11H,1H3,(H,21,22,24). The first-order valence-electron chi connectivity index (χ1n) is 8.74. The average molecular weight is 386 g/mol. The van der Waals surface area contributed by atoms with Crippen LogP contribution in [0.3, 0.4) is 0 Å². The van der Waals surface area contributed by atoms with Crippen LogP contribution in [0, 0.1) is 0 Å². The molecule has 0 aliphatic rings. The molecule has 9 nitrogen and oxygen atoms in total. The van der Waals surface area contributed by atoms with Gasteiger partial charge < -0.3 is 4.74 Å². The molecule has 0 fully saturated rings. The smallest absolute Gasteiger partial charge is 0.266 e. The summed E-state index contributed by atoms with van der Waals surface area (Å²) in [6, 6.07) is 12.2. The fraction of sp³-hybridized carbons (Fsp3) is 0.0500. The van der Waals surface area contributed by atoms with Crippen molar-refractivity contribution < 1.29 is 4.74 Å². The van der Waals surface area contributed by atoms with Crippen molar-refractivity contribution in [3.63, 3.8) is 0 Å². The molecular formula is C20H14N6O3. The molecule has 0 saturated heterocycles. The Morgan fingerprint density at radius 1 is 0.931 bits per heavy atom. The fourth-order valence-corrected chi connectivity index (χ4v) is 3.27. The van der Waals surface area contributed by atoms with Gasteiger partial charge in [0.25, 0.3) is 11.1 Å². The Labute approximate surface area is 162 Å². The van der Waals surface area contributed by atoms with Crippen LogP contribution >= 0.6 is 0 Å². The predicted octanol–water partition coefficient (Wildman–Crippen LogP) is 1.82. The van der Waals surface area contributed by atoms with Gasteiger partial charge in [0.1, 0.15) is 12.1 Å². The lowest BCUT2D eigenvalue weighted by Gasteiger charge is -2.09. The summed E-state index contributed by atoms with van der Waals surface area (Å²) in [5.74, 6) is 0.930. The van der Waals surface area contributed by atoms with Gasteiger partial charge >= 0.3 is 0 Å². The first-order valence-corrected chi connectivity index (χ1v) is 8.74. The zero-order valence-electron chi connectivity index (χ0n) is 15.2. The van der Waals surface area contributed by atoms with Crippen molar-refractivity contribution in [1.29, 1.82) is 0 Å². The second-order valence-corrected chi connectivity index (χ2v) is 6.35. The average Bonchev–Trinajstić information content (AvgIpc) is 3.28. The Hall–Kier alpha value is -4.27. The molecule has 0 spiro atoms. The van der Waals surface area contributed by atoms with E-state index in [-0.39, 0.29) is 11.1 Å². The number of hydrogen-bond acceptors (Lipinski definition) is 6. The Balaban J connectivity index is 1.77. The van der Waals surface area contributed by atoms with Gasteiger partial charge in [-0.15, -0.1) is 0 Å². The van der Waals surface area contributed by atoms with Crippen molar-refractivity contribution in [3.05, 3.63) is 81.9 Å². The lowest BCUT2D eigenvalue weighted by molar-refractivity contribution is 0.414. The van der Waals surface area contributed by atoms with E-state index in [1.165, 1.54) is 15.5 Å². The summed E-state index contributed by atoms with van der Waals surface area (Å²) in [5, 5.41) is 7.08. The number of methoxy groups -OCH3 is 1. The maximum absolute atomic E-state index is 13.1. The molecule has 0 atom stereocenters. The number of fused-ring (bicyclic) bond motifs is 2. The molecule has 0 saturated carbocycles. The van der Waals surface area contributed by atoms with Gasteiger partial charge in [0.2, 0.25) is 5.95 Å². The summed E-state index contributed by atoms with van der Waals surface area (Å²) < 4.78 is 8.06. The molecule has 0 radical (unpaired) electrons. The second kappa shape index (κ2) is 6.41. The molecule has 4 aromatic heterocycles. The van der Waals surface area contributed by atoms with Crippen molar-refractivity contribution in [2.75, 3.05) is 7.11 Å². The zero-order chi connectivity index (χ0) is 20.0. The minimum atomic E-state index is -0.343. The van der Waals surface area contributed by atoms with Crippen LogP contribution in [0.1, 0.15) is 0 Å². The van der Waals surface area contributed by atoms with Crippen LogP contribution < -0.4 is 15.9 Å². The number of nitrogens with zero attached hydrogens (tertiary/aromatic N) is 5. The summed E-state index contributed by atoms with van der Waals surface area (Å²) in [4.78, 5) is 34.6. The second-order valence-electron chi connectivity index (χ2n) is 6.35. The van der Waals surface area contributed by atoms with Crippen LogP contribution in [0.4, 0.5) is 0 Å². The number of rotatable bonds is 3. The molecule has 5 aromatic rings. The largest absolute Gasteiger partial charge is 0.497 e. The fourth-order valence-electron chi connectivity index (χ4n) is 3.27. The number of ether oxygens (including phenoxy) is 1. The van der Waals surface area contributed by atoms with Crippen LogP contribution in [-0.4, -0.2) is 36.4 Å². The third kappa shape index (κ3) is 2.67. The van der Waals surface area contributed by atoms with Gasteiger partial charge in [-0.25, -0.2) is 10.1 Å². The molecule has 0 bridgehead atoms. The van der Waals surface area contributed by atoms with Gasteiger partial charge in [0, 0.05) is 18.5 Å². The molecule has 0 amide bonds. The first-order chi connectivity index (χ1) is 14.2. The topological polar surface area (TPSA) is 108 Å². The van der Waals surface area contributed by atoms with Crippen LogP contribution in [0.15, 0.2) is 70.8 Å². The Kier molecular flexibility index (Phi) is 3.73. The number of benzene rings is 1. The molecule has 4 heterocycles. The maximum Gasteiger partial charge on any atom is 0.266 e. The highest BCUT2D eigenvalue weighted by Crippen LogP contribution is 2.18. The number of aromatic amines is 1. The van der Waals surface area contributed by atoms with E-state index in [1.807, 2.05) is 0 Å². The minimum absolute atomic E-state index is 0.278. The van der Waals surface area contributed by atoms with Crippen molar-refractivity contribution in [2.45, 2.75) is 0 Å². The van der Waals surface area contributed by atoms with E-state index in [1.54, 1.807) is 62.0 Å². The summed E-state index contributed by atoms with van der Waals surface area (Å²) >= 11 is 0. The van der Waals surface area contributed by atoms with Gasteiger partial charge in [-0.2, -0.15) is 10.1 Å². The van der Waals surface area contributed by atoms with E-state index in [9.17, 15) is 9.59 Å². The molecule has 0 aliphatic heterocycles. The van der Waals surface area contributed by atoms with E-state index in [2.05, 4.69) is 20.2 Å². The number of nitrogens with one attached hydrogen (secondary N) is 1. The minimum Gasteiger partial charge on any atom is -0.497 e. The third-order valence-electron chi connectivity index (χ3n) is 4.70. The SMILES string of the molecule is COc1cccc(-n2ccc3nc4ccn(-c5ncn[nH]5)c(=O)c4cc3c2=O)c1. The summed E-state index contributed by atoms with van der Waals surface area (Å²) in [5.41, 5.74) is 1.04. The number of hydrogen-bond donors (Lipinski definition) is 1. The lowest BCUT2D eigenvalue weighted by atomic mass is 10.2. The maximum atomic E-state index is 13.1. The predicted molar refractivity (Wildman–Crippen MR) is 107 cm³/mol. The summed E-state index contributed by atoms with van der Waals surface area (Å²) in [6.45, 7) is 0. The van der Waals surface area contributed by atoms with Crippen LogP contribution in [0.25, 0.3) is 33.4 Å². The Morgan fingerprint density at radius 2 is 1.66 bits per heavy atom. The van der Waals surface area contributed by atoms with E-state index in [4.69, 9.17) is 4.74 Å². The summed E-state index contributed by atoms with van der Waals surface area (Å²) in [7, 11) is 1.57. The van der Waals surface area contributed by atoms with Crippen molar-refractivity contribution in [2.24, 2.45) is 0 Å². The van der Waals surface area contributed by atoms with E-state index >= 15 is 0 Å². The monoisotopic (exact) mass is 386 g/mol. The molecule has 5 rings (SSSR count). The van der Waals surface area contributed by atoms with E-state index < -0.39 is 0 Å². The molecule has 1 aromatic carbocycles. The molecule has 0 unspecified atom stereocenters.